The predicted molar refractivity (Wildman–Crippen MR) is 142 cm³/mol. The van der Waals surface area contributed by atoms with Crippen molar-refractivity contribution in [2.75, 3.05) is 11.9 Å². The van der Waals surface area contributed by atoms with Gasteiger partial charge in [0.05, 0.1) is 16.7 Å². The molecule has 0 unspecified atom stereocenters. The number of hydrogen-bond acceptors (Lipinski definition) is 6. The van der Waals surface area contributed by atoms with Gasteiger partial charge in [0.25, 0.3) is 11.8 Å². The number of nitrogens with zero attached hydrogens (tertiary/aromatic N) is 1. The van der Waals surface area contributed by atoms with Crippen LogP contribution in [0, 0.1) is 6.92 Å². The van der Waals surface area contributed by atoms with Crippen LogP contribution in [0.2, 0.25) is 0 Å². The Bertz CT molecular complexity index is 1600. The highest BCUT2D eigenvalue weighted by Gasteiger charge is 2.39. The predicted octanol–water partition coefficient (Wildman–Crippen LogP) is 5.72. The highest BCUT2D eigenvalue weighted by molar-refractivity contribution is 6.21. The van der Waals surface area contributed by atoms with Crippen molar-refractivity contribution < 1.29 is 28.8 Å². The van der Waals surface area contributed by atoms with Gasteiger partial charge in [0.2, 0.25) is 0 Å². The highest BCUT2D eigenvalue weighted by Crippen LogP contribution is 2.44. The Morgan fingerprint density at radius 3 is 1.90 bits per heavy atom. The maximum atomic E-state index is 12.9. The summed E-state index contributed by atoms with van der Waals surface area (Å²) in [5, 5.41) is 3.10. The van der Waals surface area contributed by atoms with Crippen LogP contribution in [0.5, 0.6) is 0 Å². The smallest absolute Gasteiger partial charge is 0.411 e. The number of hydroxylamine groups is 2. The summed E-state index contributed by atoms with van der Waals surface area (Å²) in [6.45, 7) is 1.82. The average molecular weight is 519 g/mol. The fourth-order valence-corrected chi connectivity index (χ4v) is 5.05. The van der Waals surface area contributed by atoms with E-state index < -0.39 is 23.9 Å². The molecule has 0 radical (unpaired) electrons. The molecule has 192 valence electrons. The third-order valence-electron chi connectivity index (χ3n) is 6.98. The van der Waals surface area contributed by atoms with Crippen molar-refractivity contribution >= 4 is 29.6 Å². The van der Waals surface area contributed by atoms with Crippen molar-refractivity contribution in [3.05, 3.63) is 124 Å². The summed E-state index contributed by atoms with van der Waals surface area (Å²) < 4.78 is 5.58. The van der Waals surface area contributed by atoms with Gasteiger partial charge < -0.3 is 9.57 Å². The van der Waals surface area contributed by atoms with E-state index in [-0.39, 0.29) is 29.2 Å². The SMILES string of the molecule is Cc1ccc(NC(=O)OCC2c3ccccc3-c3ccccc32)cc1C(=O)ON1C(=O)c2ccccc2C1=O. The second-order valence-corrected chi connectivity index (χ2v) is 9.31. The Morgan fingerprint density at radius 2 is 1.31 bits per heavy atom. The van der Waals surface area contributed by atoms with E-state index in [0.29, 0.717) is 16.3 Å². The van der Waals surface area contributed by atoms with Crippen molar-refractivity contribution in [2.45, 2.75) is 12.8 Å². The molecule has 0 saturated heterocycles. The van der Waals surface area contributed by atoms with Crippen LogP contribution >= 0.6 is 0 Å². The second-order valence-electron chi connectivity index (χ2n) is 9.31. The number of carbonyl (C=O) groups excluding carboxylic acids is 4. The zero-order chi connectivity index (χ0) is 27.1. The van der Waals surface area contributed by atoms with Crippen molar-refractivity contribution in [3.8, 4) is 11.1 Å². The quantitative estimate of drug-likeness (QED) is 0.339. The van der Waals surface area contributed by atoms with E-state index in [9.17, 15) is 19.2 Å². The first-order valence-electron chi connectivity index (χ1n) is 12.3. The number of nitrogens with one attached hydrogen (secondary N) is 1. The highest BCUT2D eigenvalue weighted by atomic mass is 16.7. The Hall–Kier alpha value is -5.24. The topological polar surface area (TPSA) is 102 Å². The molecule has 1 heterocycles. The Labute approximate surface area is 223 Å². The first kappa shape index (κ1) is 24.1. The molecule has 0 aromatic heterocycles. The largest absolute Gasteiger partial charge is 0.448 e. The van der Waals surface area contributed by atoms with Crippen LogP contribution in [0.1, 0.15) is 53.7 Å². The van der Waals surface area contributed by atoms with Gasteiger partial charge in [-0.3, -0.25) is 14.9 Å². The number of aryl methyl sites for hydroxylation is 1. The zero-order valence-corrected chi connectivity index (χ0v) is 20.8. The summed E-state index contributed by atoms with van der Waals surface area (Å²) in [6.07, 6.45) is -0.680. The lowest BCUT2D eigenvalue weighted by atomic mass is 9.98. The molecule has 8 heteroatoms. The molecule has 0 spiro atoms. The standard InChI is InChI=1S/C31H22N2O6/c1-18-14-15-19(16-26(18)30(36)39-33-28(34)24-12-6-7-13-25(24)29(33)35)32-31(37)38-17-27-22-10-4-2-8-20(22)21-9-3-5-11-23(21)27/h2-16,27H,17H2,1H3,(H,32,37). The fourth-order valence-electron chi connectivity index (χ4n) is 5.05. The van der Waals surface area contributed by atoms with Gasteiger partial charge in [0.15, 0.2) is 0 Å². The number of benzene rings is 4. The summed E-state index contributed by atoms with van der Waals surface area (Å²) in [6, 6.07) is 27.0. The van der Waals surface area contributed by atoms with E-state index in [2.05, 4.69) is 17.4 Å². The van der Waals surface area contributed by atoms with Gasteiger partial charge in [0, 0.05) is 11.6 Å². The van der Waals surface area contributed by atoms with Crippen LogP contribution in [0.25, 0.3) is 11.1 Å². The molecule has 8 nitrogen and oxygen atoms in total. The first-order chi connectivity index (χ1) is 18.9. The lowest BCUT2D eigenvalue weighted by molar-refractivity contribution is -0.0585. The molecule has 6 rings (SSSR count). The van der Waals surface area contributed by atoms with Crippen molar-refractivity contribution in [1.29, 1.82) is 0 Å². The van der Waals surface area contributed by atoms with Gasteiger partial charge in [-0.15, -0.1) is 0 Å². The van der Waals surface area contributed by atoms with Gasteiger partial charge in [-0.2, -0.15) is 0 Å². The molecule has 0 saturated carbocycles. The summed E-state index contributed by atoms with van der Waals surface area (Å²) in [5.41, 5.74) is 5.70. The van der Waals surface area contributed by atoms with E-state index in [4.69, 9.17) is 9.57 Å². The van der Waals surface area contributed by atoms with Crippen LogP contribution in [0.15, 0.2) is 91.0 Å². The number of hydrogen-bond donors (Lipinski definition) is 1. The van der Waals surface area contributed by atoms with E-state index in [1.165, 1.54) is 18.2 Å². The fraction of sp³-hybridized carbons (Fsp3) is 0.0968. The normalized spacial score (nSPS) is 13.5. The van der Waals surface area contributed by atoms with Gasteiger partial charge in [-0.1, -0.05) is 71.8 Å². The molecule has 1 aliphatic heterocycles. The molecule has 0 atom stereocenters. The van der Waals surface area contributed by atoms with E-state index >= 15 is 0 Å². The minimum Gasteiger partial charge on any atom is -0.448 e. The maximum Gasteiger partial charge on any atom is 0.411 e. The van der Waals surface area contributed by atoms with Crippen LogP contribution in [0.3, 0.4) is 0 Å². The molecule has 3 amide bonds. The van der Waals surface area contributed by atoms with E-state index in [0.717, 1.165) is 22.3 Å². The van der Waals surface area contributed by atoms with E-state index in [1.807, 2.05) is 36.4 Å². The molecule has 4 aromatic carbocycles. The monoisotopic (exact) mass is 518 g/mol. The molecule has 39 heavy (non-hydrogen) atoms. The maximum absolute atomic E-state index is 12.9. The number of ether oxygens (including phenoxy) is 1. The minimum absolute atomic E-state index is 0.0861. The lowest BCUT2D eigenvalue weighted by Crippen LogP contribution is -2.33. The third-order valence-corrected chi connectivity index (χ3v) is 6.98. The Kier molecular flexibility index (Phi) is 5.92. The molecule has 0 fully saturated rings. The van der Waals surface area contributed by atoms with Crippen LogP contribution in [0.4, 0.5) is 10.5 Å². The van der Waals surface area contributed by atoms with Gasteiger partial charge in [-0.25, -0.2) is 9.59 Å². The molecular formula is C31H22N2O6. The molecular weight excluding hydrogens is 496 g/mol. The Morgan fingerprint density at radius 1 is 0.769 bits per heavy atom. The molecule has 2 aliphatic rings. The van der Waals surface area contributed by atoms with Gasteiger partial charge in [-0.05, 0) is 59.0 Å². The minimum atomic E-state index is -0.904. The van der Waals surface area contributed by atoms with Gasteiger partial charge >= 0.3 is 12.1 Å². The molecule has 1 aliphatic carbocycles. The lowest BCUT2D eigenvalue weighted by Gasteiger charge is -2.16. The number of carbonyl (C=O) groups is 4. The third kappa shape index (κ3) is 4.21. The summed E-state index contributed by atoms with van der Waals surface area (Å²) >= 11 is 0. The van der Waals surface area contributed by atoms with Crippen molar-refractivity contribution in [1.82, 2.24) is 5.06 Å². The number of rotatable bonds is 5. The van der Waals surface area contributed by atoms with Crippen LogP contribution < -0.4 is 5.32 Å². The molecule has 4 aromatic rings. The van der Waals surface area contributed by atoms with Crippen LogP contribution in [-0.2, 0) is 9.57 Å². The molecule has 1 N–H and O–H groups in total. The van der Waals surface area contributed by atoms with Crippen molar-refractivity contribution in [2.24, 2.45) is 0 Å². The summed E-state index contributed by atoms with van der Waals surface area (Å²) in [5.74, 6) is -2.42. The zero-order valence-electron chi connectivity index (χ0n) is 20.8. The van der Waals surface area contributed by atoms with Gasteiger partial charge in [0.1, 0.15) is 6.61 Å². The summed E-state index contributed by atoms with van der Waals surface area (Å²) in [7, 11) is 0. The average Bonchev–Trinajstić information content (AvgIpc) is 3.40. The number of amides is 3. The molecule has 0 bridgehead atoms. The first-order valence-corrected chi connectivity index (χ1v) is 12.3. The van der Waals surface area contributed by atoms with E-state index in [1.54, 1.807) is 31.2 Å². The summed E-state index contributed by atoms with van der Waals surface area (Å²) in [4.78, 5) is 55.9. The Balaban J connectivity index is 1.13. The number of anilines is 1. The van der Waals surface area contributed by atoms with Crippen molar-refractivity contribution in [3.63, 3.8) is 0 Å². The number of imide groups is 1. The second kappa shape index (κ2) is 9.57. The number of fused-ring (bicyclic) bond motifs is 4. The van der Waals surface area contributed by atoms with Crippen LogP contribution in [-0.4, -0.2) is 35.5 Å².